The fourth-order valence-corrected chi connectivity index (χ4v) is 2.93. The van der Waals surface area contributed by atoms with Gasteiger partial charge in [-0.15, -0.1) is 0 Å². The van der Waals surface area contributed by atoms with E-state index in [1.54, 1.807) is 35.8 Å². The number of hydrogen-bond acceptors (Lipinski definition) is 4. The highest BCUT2D eigenvalue weighted by Crippen LogP contribution is 2.16. The van der Waals surface area contributed by atoms with Crippen molar-refractivity contribution in [2.24, 2.45) is 7.05 Å². The summed E-state index contributed by atoms with van der Waals surface area (Å²) in [5, 5.41) is 15.8. The Bertz CT molecular complexity index is 476. The molecule has 0 spiro atoms. The Balaban J connectivity index is 1.94. The van der Waals surface area contributed by atoms with Crippen LogP contribution in [0.25, 0.3) is 0 Å². The van der Waals surface area contributed by atoms with Crippen LogP contribution in [0.3, 0.4) is 0 Å². The van der Waals surface area contributed by atoms with Crippen molar-refractivity contribution in [2.75, 3.05) is 18.1 Å². The number of carboxylic acids is 1. The van der Waals surface area contributed by atoms with Crippen LogP contribution in [0.1, 0.15) is 5.69 Å². The fourth-order valence-electron chi connectivity index (χ4n) is 1.89. The molecule has 1 aliphatic heterocycles. The molecule has 1 aromatic rings. The molecular formula is C11H16N4O3S. The average molecular weight is 284 g/mol. The Morgan fingerprint density at radius 2 is 2.42 bits per heavy atom. The van der Waals surface area contributed by atoms with Crippen molar-refractivity contribution >= 4 is 23.8 Å². The monoisotopic (exact) mass is 284 g/mol. The number of aromatic nitrogens is 2. The highest BCUT2D eigenvalue weighted by atomic mass is 32.2. The molecule has 1 aromatic heterocycles. The number of carbonyl (C=O) groups excluding carboxylic acids is 1. The van der Waals surface area contributed by atoms with Crippen molar-refractivity contribution in [3.63, 3.8) is 0 Å². The predicted octanol–water partition coefficient (Wildman–Crippen LogP) is 0.132. The smallest absolute Gasteiger partial charge is 0.327 e. The summed E-state index contributed by atoms with van der Waals surface area (Å²) < 4.78 is 1.67. The maximum absolute atomic E-state index is 12.0. The normalized spacial score (nSPS) is 19.2. The van der Waals surface area contributed by atoms with Crippen molar-refractivity contribution in [1.82, 2.24) is 20.0 Å². The van der Waals surface area contributed by atoms with Crippen LogP contribution in [0.2, 0.25) is 0 Å². The Labute approximate surface area is 115 Å². The molecule has 0 aliphatic carbocycles. The van der Waals surface area contributed by atoms with Gasteiger partial charge in [-0.25, -0.2) is 9.59 Å². The molecule has 0 saturated carbocycles. The molecule has 0 bridgehead atoms. The number of carbonyl (C=O) groups is 2. The van der Waals surface area contributed by atoms with Gasteiger partial charge < -0.3 is 15.3 Å². The molecule has 1 saturated heterocycles. The van der Waals surface area contributed by atoms with Crippen LogP contribution in [-0.4, -0.2) is 55.9 Å². The Hall–Kier alpha value is -1.70. The lowest BCUT2D eigenvalue weighted by molar-refractivity contribution is -0.141. The summed E-state index contributed by atoms with van der Waals surface area (Å²) in [6, 6.07) is 0.722. The van der Waals surface area contributed by atoms with E-state index in [9.17, 15) is 9.59 Å². The van der Waals surface area contributed by atoms with Gasteiger partial charge >= 0.3 is 12.0 Å². The van der Waals surface area contributed by atoms with Gasteiger partial charge in [0.15, 0.2) is 0 Å². The number of nitrogens with one attached hydrogen (secondary N) is 1. The summed E-state index contributed by atoms with van der Waals surface area (Å²) in [6.07, 6.45) is 1.65. The van der Waals surface area contributed by atoms with E-state index in [-0.39, 0.29) is 6.03 Å². The van der Waals surface area contributed by atoms with Crippen LogP contribution in [0, 0.1) is 0 Å². The molecular weight excluding hydrogens is 268 g/mol. The summed E-state index contributed by atoms with van der Waals surface area (Å²) in [7, 11) is 1.79. The zero-order chi connectivity index (χ0) is 13.8. The molecule has 2 amide bonds. The third-order valence-electron chi connectivity index (χ3n) is 3.02. The number of thioether (sulfide) groups is 1. The van der Waals surface area contributed by atoms with E-state index in [0.717, 1.165) is 11.4 Å². The van der Waals surface area contributed by atoms with Crippen molar-refractivity contribution < 1.29 is 14.7 Å². The summed E-state index contributed by atoms with van der Waals surface area (Å²) in [5.41, 5.74) is 0.867. The fraction of sp³-hybridized carbons (Fsp3) is 0.545. The molecule has 104 valence electrons. The average Bonchev–Trinajstić information content (AvgIpc) is 2.81. The molecule has 19 heavy (non-hydrogen) atoms. The number of nitrogens with zero attached hydrogens (tertiary/aromatic N) is 3. The van der Waals surface area contributed by atoms with E-state index in [1.165, 1.54) is 4.90 Å². The van der Waals surface area contributed by atoms with Crippen LogP contribution in [0.5, 0.6) is 0 Å². The zero-order valence-corrected chi connectivity index (χ0v) is 11.4. The second-order valence-electron chi connectivity index (χ2n) is 4.23. The van der Waals surface area contributed by atoms with Gasteiger partial charge in [0.1, 0.15) is 6.04 Å². The minimum absolute atomic E-state index is 0.339. The van der Waals surface area contributed by atoms with Crippen LogP contribution in [-0.2, 0) is 18.4 Å². The van der Waals surface area contributed by atoms with Gasteiger partial charge in [-0.05, 0) is 6.07 Å². The molecule has 8 heteroatoms. The van der Waals surface area contributed by atoms with Crippen LogP contribution in [0.4, 0.5) is 4.79 Å². The number of urea groups is 1. The van der Waals surface area contributed by atoms with Gasteiger partial charge in [0, 0.05) is 31.3 Å². The molecule has 2 N–H and O–H groups in total. The van der Waals surface area contributed by atoms with Gasteiger partial charge in [-0.1, -0.05) is 0 Å². The van der Waals surface area contributed by atoms with Gasteiger partial charge in [-0.3, -0.25) is 4.68 Å². The van der Waals surface area contributed by atoms with Crippen LogP contribution in [0.15, 0.2) is 12.3 Å². The SMILES string of the molecule is Cn1nccc1CNC(=O)N1CCSCC1C(=O)O. The third-order valence-corrected chi connectivity index (χ3v) is 4.04. The topological polar surface area (TPSA) is 87.5 Å². The van der Waals surface area contributed by atoms with Gasteiger partial charge in [0.05, 0.1) is 12.2 Å². The maximum Gasteiger partial charge on any atom is 0.327 e. The summed E-state index contributed by atoms with van der Waals surface area (Å²) in [5.74, 6) is 0.250. The van der Waals surface area contributed by atoms with Gasteiger partial charge in [-0.2, -0.15) is 16.9 Å². The predicted molar refractivity (Wildman–Crippen MR) is 70.9 cm³/mol. The van der Waals surface area contributed by atoms with E-state index >= 15 is 0 Å². The Kier molecular flexibility index (Phi) is 4.31. The molecule has 0 radical (unpaired) electrons. The Morgan fingerprint density at radius 3 is 3.05 bits per heavy atom. The summed E-state index contributed by atoms with van der Waals surface area (Å²) >= 11 is 1.55. The van der Waals surface area contributed by atoms with E-state index in [0.29, 0.717) is 18.8 Å². The lowest BCUT2D eigenvalue weighted by atomic mass is 10.3. The van der Waals surface area contributed by atoms with Crippen molar-refractivity contribution in [2.45, 2.75) is 12.6 Å². The lowest BCUT2D eigenvalue weighted by Gasteiger charge is -2.32. The number of amides is 2. The highest BCUT2D eigenvalue weighted by Gasteiger charge is 2.32. The Morgan fingerprint density at radius 1 is 1.63 bits per heavy atom. The van der Waals surface area contributed by atoms with Crippen LogP contribution >= 0.6 is 11.8 Å². The number of carboxylic acid groups (broad SMARTS) is 1. The largest absolute Gasteiger partial charge is 0.480 e. The number of aliphatic carboxylic acids is 1. The number of hydrogen-bond donors (Lipinski definition) is 2. The standard InChI is InChI=1S/C11H16N4O3S/c1-14-8(2-3-13-14)6-12-11(18)15-4-5-19-7-9(15)10(16)17/h2-3,9H,4-7H2,1H3,(H,12,18)(H,16,17). The second kappa shape index (κ2) is 5.96. The van der Waals surface area contributed by atoms with Gasteiger partial charge in [0.25, 0.3) is 0 Å². The van der Waals surface area contributed by atoms with Crippen molar-refractivity contribution in [3.05, 3.63) is 18.0 Å². The van der Waals surface area contributed by atoms with Gasteiger partial charge in [0.2, 0.25) is 0 Å². The first-order chi connectivity index (χ1) is 9.09. The van der Waals surface area contributed by atoms with Crippen LogP contribution < -0.4 is 5.32 Å². The molecule has 2 rings (SSSR count). The molecule has 1 atom stereocenters. The molecule has 2 heterocycles. The van der Waals surface area contributed by atoms with Crippen molar-refractivity contribution in [1.29, 1.82) is 0 Å². The molecule has 1 unspecified atom stereocenters. The molecule has 1 aliphatic rings. The first kappa shape index (κ1) is 13.7. The maximum atomic E-state index is 12.0. The van der Waals surface area contributed by atoms with E-state index < -0.39 is 12.0 Å². The second-order valence-corrected chi connectivity index (χ2v) is 5.38. The first-order valence-corrected chi connectivity index (χ1v) is 7.07. The zero-order valence-electron chi connectivity index (χ0n) is 10.6. The minimum Gasteiger partial charge on any atom is -0.480 e. The molecule has 7 nitrogen and oxygen atoms in total. The molecule has 0 aromatic carbocycles. The third kappa shape index (κ3) is 3.19. The highest BCUT2D eigenvalue weighted by molar-refractivity contribution is 7.99. The summed E-state index contributed by atoms with van der Waals surface area (Å²) in [4.78, 5) is 24.5. The number of aryl methyl sites for hydroxylation is 1. The lowest BCUT2D eigenvalue weighted by Crippen LogP contribution is -2.53. The van der Waals surface area contributed by atoms with Crippen molar-refractivity contribution in [3.8, 4) is 0 Å². The summed E-state index contributed by atoms with van der Waals surface area (Å²) in [6.45, 7) is 0.796. The quantitative estimate of drug-likeness (QED) is 0.824. The van der Waals surface area contributed by atoms with E-state index in [2.05, 4.69) is 10.4 Å². The minimum atomic E-state index is -0.956. The number of rotatable bonds is 3. The van der Waals surface area contributed by atoms with E-state index in [4.69, 9.17) is 5.11 Å². The first-order valence-electron chi connectivity index (χ1n) is 5.91. The van der Waals surface area contributed by atoms with E-state index in [1.807, 2.05) is 0 Å². The molecule has 1 fully saturated rings.